The minimum absolute atomic E-state index is 0.568. The van der Waals surface area contributed by atoms with Gasteiger partial charge in [-0.15, -0.1) is 0 Å². The molecule has 2 rings (SSSR count). The van der Waals surface area contributed by atoms with Crippen LogP contribution in [0.25, 0.3) is 0 Å². The van der Waals surface area contributed by atoms with Crippen molar-refractivity contribution in [3.63, 3.8) is 0 Å². The van der Waals surface area contributed by atoms with E-state index in [1.54, 1.807) is 0 Å². The van der Waals surface area contributed by atoms with Crippen molar-refractivity contribution in [3.05, 3.63) is 62.5 Å². The Balaban J connectivity index is 1.97. The lowest BCUT2D eigenvalue weighted by Gasteiger charge is -2.10. The predicted molar refractivity (Wildman–Crippen MR) is 90.0 cm³/mol. The largest absolute Gasteiger partial charge is 0.488 e. The van der Waals surface area contributed by atoms with Gasteiger partial charge in [-0.05, 0) is 57.9 Å². The molecule has 0 aromatic heterocycles. The van der Waals surface area contributed by atoms with Crippen LogP contribution in [0.5, 0.6) is 5.75 Å². The lowest BCUT2D eigenvalue weighted by molar-refractivity contribution is 0.304. The predicted octanol–water partition coefficient (Wildman–Crippen LogP) is 4.90. The molecule has 0 aliphatic rings. The van der Waals surface area contributed by atoms with Gasteiger partial charge in [0.15, 0.2) is 0 Å². The van der Waals surface area contributed by atoms with Gasteiger partial charge in [0.1, 0.15) is 12.4 Å². The fraction of sp³-hybridized carbons (Fsp3) is 0.250. The summed E-state index contributed by atoms with van der Waals surface area (Å²) < 4.78 is 7.91. The summed E-state index contributed by atoms with van der Waals surface area (Å²) in [6, 6.07) is 14.3. The van der Waals surface area contributed by atoms with E-state index in [4.69, 9.17) is 4.74 Å². The van der Waals surface area contributed by atoms with Crippen molar-refractivity contribution in [3.8, 4) is 5.75 Å². The molecule has 2 aromatic rings. The number of nitrogens with one attached hydrogen (secondary N) is 1. The summed E-state index contributed by atoms with van der Waals surface area (Å²) in [6.07, 6.45) is 0. The molecule has 0 heterocycles. The maximum atomic E-state index is 5.84. The molecule has 0 saturated carbocycles. The second-order valence-corrected chi connectivity index (χ2v) is 6.23. The third kappa shape index (κ3) is 4.62. The van der Waals surface area contributed by atoms with Crippen LogP contribution in [0.1, 0.15) is 18.1 Å². The van der Waals surface area contributed by atoms with Gasteiger partial charge in [0.05, 0.1) is 4.47 Å². The molecule has 2 aromatic carbocycles. The zero-order valence-electron chi connectivity index (χ0n) is 11.3. The lowest BCUT2D eigenvalue weighted by Crippen LogP contribution is -2.11. The Morgan fingerprint density at radius 2 is 1.70 bits per heavy atom. The van der Waals surface area contributed by atoms with E-state index in [1.165, 1.54) is 5.56 Å². The number of benzene rings is 2. The Labute approximate surface area is 136 Å². The van der Waals surface area contributed by atoms with E-state index >= 15 is 0 Å². The molecule has 0 spiro atoms. The summed E-state index contributed by atoms with van der Waals surface area (Å²) in [5.74, 6) is 0.869. The minimum atomic E-state index is 0.568. The first-order valence-corrected chi connectivity index (χ1v) is 8.14. The Morgan fingerprint density at radius 3 is 2.35 bits per heavy atom. The van der Waals surface area contributed by atoms with Crippen LogP contribution in [0.3, 0.4) is 0 Å². The zero-order chi connectivity index (χ0) is 14.4. The molecule has 0 bridgehead atoms. The smallest absolute Gasteiger partial charge is 0.134 e. The average Bonchev–Trinajstić information content (AvgIpc) is 2.46. The van der Waals surface area contributed by atoms with Crippen molar-refractivity contribution in [2.75, 3.05) is 6.54 Å². The molecule has 0 aliphatic carbocycles. The molecule has 0 atom stereocenters. The Hall–Kier alpha value is -0.840. The molecule has 106 valence electrons. The van der Waals surface area contributed by atoms with Crippen LogP contribution in [-0.4, -0.2) is 6.54 Å². The van der Waals surface area contributed by atoms with Crippen molar-refractivity contribution < 1.29 is 4.74 Å². The van der Waals surface area contributed by atoms with E-state index in [9.17, 15) is 0 Å². The van der Waals surface area contributed by atoms with Gasteiger partial charge in [0.25, 0.3) is 0 Å². The van der Waals surface area contributed by atoms with Gasteiger partial charge < -0.3 is 10.1 Å². The molecule has 2 nitrogen and oxygen atoms in total. The van der Waals surface area contributed by atoms with Crippen LogP contribution in [0.15, 0.2) is 51.4 Å². The second-order valence-electron chi connectivity index (χ2n) is 4.46. The number of hydrogen-bond acceptors (Lipinski definition) is 2. The standard InChI is InChI=1S/C16H17Br2NO/c1-2-19-10-13-5-8-16(15(18)9-13)20-11-12-3-6-14(17)7-4-12/h3-9,19H,2,10-11H2,1H3. The number of rotatable bonds is 6. The molecule has 0 fully saturated rings. The molecular formula is C16H17Br2NO. The van der Waals surface area contributed by atoms with Gasteiger partial charge >= 0.3 is 0 Å². The van der Waals surface area contributed by atoms with Crippen LogP contribution in [0.2, 0.25) is 0 Å². The van der Waals surface area contributed by atoms with Crippen molar-refractivity contribution in [1.82, 2.24) is 5.32 Å². The monoisotopic (exact) mass is 397 g/mol. The molecule has 0 unspecified atom stereocenters. The van der Waals surface area contributed by atoms with E-state index in [1.807, 2.05) is 18.2 Å². The van der Waals surface area contributed by atoms with E-state index in [-0.39, 0.29) is 0 Å². The van der Waals surface area contributed by atoms with E-state index in [0.717, 1.165) is 33.3 Å². The Kier molecular flexibility index (Phi) is 6.07. The van der Waals surface area contributed by atoms with Crippen LogP contribution < -0.4 is 10.1 Å². The van der Waals surface area contributed by atoms with Gasteiger partial charge in [0, 0.05) is 11.0 Å². The highest BCUT2D eigenvalue weighted by Gasteiger charge is 2.03. The summed E-state index contributed by atoms with van der Waals surface area (Å²) in [6.45, 7) is 4.52. The van der Waals surface area contributed by atoms with Crippen LogP contribution in [0, 0.1) is 0 Å². The Bertz CT molecular complexity index is 555. The molecule has 20 heavy (non-hydrogen) atoms. The van der Waals surface area contributed by atoms with Crippen molar-refractivity contribution in [2.24, 2.45) is 0 Å². The molecule has 4 heteroatoms. The molecule has 0 amide bonds. The molecule has 0 radical (unpaired) electrons. The highest BCUT2D eigenvalue weighted by Crippen LogP contribution is 2.27. The van der Waals surface area contributed by atoms with Gasteiger partial charge in [0.2, 0.25) is 0 Å². The topological polar surface area (TPSA) is 21.3 Å². The van der Waals surface area contributed by atoms with Crippen molar-refractivity contribution >= 4 is 31.9 Å². The number of halogens is 2. The van der Waals surface area contributed by atoms with Gasteiger partial charge in [-0.3, -0.25) is 0 Å². The summed E-state index contributed by atoms with van der Waals surface area (Å²) in [7, 11) is 0. The summed E-state index contributed by atoms with van der Waals surface area (Å²) >= 11 is 6.99. The van der Waals surface area contributed by atoms with E-state index < -0.39 is 0 Å². The van der Waals surface area contributed by atoms with Crippen LogP contribution in [0.4, 0.5) is 0 Å². The van der Waals surface area contributed by atoms with Crippen LogP contribution >= 0.6 is 31.9 Å². The quantitative estimate of drug-likeness (QED) is 0.747. The zero-order valence-corrected chi connectivity index (χ0v) is 14.5. The fourth-order valence-electron chi connectivity index (χ4n) is 1.78. The summed E-state index contributed by atoms with van der Waals surface area (Å²) in [4.78, 5) is 0. The van der Waals surface area contributed by atoms with Crippen LogP contribution in [-0.2, 0) is 13.2 Å². The van der Waals surface area contributed by atoms with E-state index in [0.29, 0.717) is 6.61 Å². The van der Waals surface area contributed by atoms with Gasteiger partial charge in [-0.1, -0.05) is 41.1 Å². The average molecular weight is 399 g/mol. The lowest BCUT2D eigenvalue weighted by atomic mass is 10.2. The minimum Gasteiger partial charge on any atom is -0.488 e. The second kappa shape index (κ2) is 7.81. The first-order chi connectivity index (χ1) is 9.69. The highest BCUT2D eigenvalue weighted by atomic mass is 79.9. The van der Waals surface area contributed by atoms with Crippen molar-refractivity contribution in [2.45, 2.75) is 20.1 Å². The normalized spacial score (nSPS) is 10.6. The maximum absolute atomic E-state index is 5.84. The molecular weight excluding hydrogens is 382 g/mol. The summed E-state index contributed by atoms with van der Waals surface area (Å²) in [5.41, 5.74) is 2.39. The first kappa shape index (κ1) is 15.5. The third-order valence-electron chi connectivity index (χ3n) is 2.88. The summed E-state index contributed by atoms with van der Waals surface area (Å²) in [5, 5.41) is 3.31. The van der Waals surface area contributed by atoms with Gasteiger partial charge in [-0.25, -0.2) is 0 Å². The van der Waals surface area contributed by atoms with Crippen molar-refractivity contribution in [1.29, 1.82) is 0 Å². The fourth-order valence-corrected chi connectivity index (χ4v) is 2.59. The van der Waals surface area contributed by atoms with E-state index in [2.05, 4.69) is 68.4 Å². The molecule has 0 saturated heterocycles. The SMILES string of the molecule is CCNCc1ccc(OCc2ccc(Br)cc2)c(Br)c1. The maximum Gasteiger partial charge on any atom is 0.134 e. The number of hydrogen-bond donors (Lipinski definition) is 1. The molecule has 0 aliphatic heterocycles. The third-order valence-corrected chi connectivity index (χ3v) is 4.03. The number of ether oxygens (including phenoxy) is 1. The Morgan fingerprint density at radius 1 is 1.00 bits per heavy atom. The van der Waals surface area contributed by atoms with Gasteiger partial charge in [-0.2, -0.15) is 0 Å². The molecule has 1 N–H and O–H groups in total. The first-order valence-electron chi connectivity index (χ1n) is 6.55. The highest BCUT2D eigenvalue weighted by molar-refractivity contribution is 9.10.